The van der Waals surface area contributed by atoms with Crippen LogP contribution in [0.3, 0.4) is 0 Å². The van der Waals surface area contributed by atoms with E-state index in [4.69, 9.17) is 23.2 Å². The molecule has 0 bridgehead atoms. The van der Waals surface area contributed by atoms with E-state index in [9.17, 15) is 14.7 Å². The first-order valence-corrected chi connectivity index (χ1v) is 9.85. The van der Waals surface area contributed by atoms with E-state index < -0.39 is 0 Å². The quantitative estimate of drug-likeness (QED) is 0.374. The van der Waals surface area contributed by atoms with Crippen LogP contribution in [0.1, 0.15) is 22.3 Å². The summed E-state index contributed by atoms with van der Waals surface area (Å²) in [6.07, 6.45) is 1.48. The van der Waals surface area contributed by atoms with Crippen LogP contribution >= 0.6 is 55.1 Å². The average molecular weight is 538 g/mol. The van der Waals surface area contributed by atoms with Gasteiger partial charge in [-0.15, -0.1) is 0 Å². The van der Waals surface area contributed by atoms with Crippen molar-refractivity contribution in [3.8, 4) is 5.75 Å². The first-order valence-electron chi connectivity index (χ1n) is 7.51. The number of amides is 2. The zero-order chi connectivity index (χ0) is 20.0. The second-order valence-corrected chi connectivity index (χ2v) is 7.78. The van der Waals surface area contributed by atoms with Crippen molar-refractivity contribution < 1.29 is 14.7 Å². The van der Waals surface area contributed by atoms with Gasteiger partial charge in [-0.05, 0) is 67.8 Å². The molecule has 0 heterocycles. The molecule has 0 atom stereocenters. The van der Waals surface area contributed by atoms with Gasteiger partial charge in [0.05, 0.1) is 25.2 Å². The minimum absolute atomic E-state index is 0.0490. The smallest absolute Gasteiger partial charge is 0.251 e. The predicted octanol–water partition coefficient (Wildman–Crippen LogP) is 4.49. The summed E-state index contributed by atoms with van der Waals surface area (Å²) in [6, 6.07) is 7.82. The third-order valence-electron chi connectivity index (χ3n) is 3.26. The van der Waals surface area contributed by atoms with E-state index in [0.29, 0.717) is 25.1 Å². The number of nitrogens with one attached hydrogen (secondary N) is 2. The van der Waals surface area contributed by atoms with Crippen LogP contribution in [0.4, 0.5) is 0 Å². The lowest BCUT2D eigenvalue weighted by Crippen LogP contribution is -2.29. The molecule has 0 aromatic heterocycles. The monoisotopic (exact) mass is 535 g/mol. The van der Waals surface area contributed by atoms with E-state index in [1.54, 1.807) is 18.2 Å². The van der Waals surface area contributed by atoms with E-state index in [1.165, 1.54) is 18.3 Å². The Bertz CT molecular complexity index is 884. The molecule has 27 heavy (non-hydrogen) atoms. The lowest BCUT2D eigenvalue weighted by Gasteiger charge is -2.06. The molecule has 0 radical (unpaired) electrons. The number of rotatable bonds is 6. The normalized spacial score (nSPS) is 10.8. The number of hydrogen-bond donors (Lipinski definition) is 3. The Hall–Kier alpha value is -1.61. The lowest BCUT2D eigenvalue weighted by atomic mass is 10.2. The number of hydrogen-bond acceptors (Lipinski definition) is 4. The minimum atomic E-state index is -0.363. The highest BCUT2D eigenvalue weighted by atomic mass is 79.9. The number of phenolic OH excluding ortho intramolecular Hbond substituents is 1. The molecule has 0 saturated carbocycles. The number of halogens is 4. The Kier molecular flexibility index (Phi) is 8.09. The van der Waals surface area contributed by atoms with Gasteiger partial charge in [-0.3, -0.25) is 9.59 Å². The Morgan fingerprint density at radius 3 is 2.41 bits per heavy atom. The summed E-state index contributed by atoms with van der Waals surface area (Å²) < 4.78 is 0.990. The van der Waals surface area contributed by atoms with Crippen molar-refractivity contribution in [3.63, 3.8) is 0 Å². The second kappa shape index (κ2) is 10.1. The van der Waals surface area contributed by atoms with Crippen molar-refractivity contribution >= 4 is 73.1 Å². The van der Waals surface area contributed by atoms with Crippen LogP contribution in [0.2, 0.25) is 10.0 Å². The van der Waals surface area contributed by atoms with Crippen LogP contribution in [-0.4, -0.2) is 29.7 Å². The van der Waals surface area contributed by atoms with E-state index in [-0.39, 0.29) is 35.6 Å². The first-order chi connectivity index (χ1) is 12.8. The van der Waals surface area contributed by atoms with Crippen molar-refractivity contribution in [2.75, 3.05) is 6.54 Å². The third-order valence-corrected chi connectivity index (χ3v) is 5.21. The van der Waals surface area contributed by atoms with Gasteiger partial charge in [0.25, 0.3) is 5.91 Å². The largest absolute Gasteiger partial charge is 0.506 e. The Balaban J connectivity index is 1.79. The van der Waals surface area contributed by atoms with Crippen LogP contribution < -0.4 is 10.7 Å². The maximum Gasteiger partial charge on any atom is 0.251 e. The molecule has 3 N–H and O–H groups in total. The highest BCUT2D eigenvalue weighted by Crippen LogP contribution is 2.32. The fourth-order valence-electron chi connectivity index (χ4n) is 1.92. The van der Waals surface area contributed by atoms with Crippen LogP contribution in [0.25, 0.3) is 0 Å². The highest BCUT2D eigenvalue weighted by molar-refractivity contribution is 9.11. The molecule has 142 valence electrons. The van der Waals surface area contributed by atoms with E-state index in [0.717, 1.165) is 0 Å². The minimum Gasteiger partial charge on any atom is -0.506 e. The van der Waals surface area contributed by atoms with Crippen molar-refractivity contribution in [2.24, 2.45) is 5.10 Å². The van der Waals surface area contributed by atoms with Crippen LogP contribution in [-0.2, 0) is 4.79 Å². The molecule has 0 spiro atoms. The average Bonchev–Trinajstić information content (AvgIpc) is 2.61. The van der Waals surface area contributed by atoms with Gasteiger partial charge in [0.1, 0.15) is 5.75 Å². The van der Waals surface area contributed by atoms with Gasteiger partial charge in [-0.2, -0.15) is 5.10 Å². The molecule has 0 fully saturated rings. The maximum absolute atomic E-state index is 12.0. The van der Waals surface area contributed by atoms with Crippen molar-refractivity contribution in [1.29, 1.82) is 0 Å². The summed E-state index contributed by atoms with van der Waals surface area (Å²) in [4.78, 5) is 23.7. The van der Waals surface area contributed by atoms with Gasteiger partial charge in [0, 0.05) is 18.5 Å². The number of hydrazone groups is 1. The van der Waals surface area contributed by atoms with Crippen LogP contribution in [0.15, 0.2) is 44.4 Å². The molecule has 2 aromatic carbocycles. The molecular formula is C17H13Br2Cl2N3O3. The van der Waals surface area contributed by atoms with Crippen LogP contribution in [0, 0.1) is 0 Å². The number of carbonyl (C=O) groups excluding carboxylic acids is 2. The van der Waals surface area contributed by atoms with Crippen LogP contribution in [0.5, 0.6) is 5.75 Å². The number of benzene rings is 2. The zero-order valence-electron chi connectivity index (χ0n) is 13.6. The summed E-state index contributed by atoms with van der Waals surface area (Å²) in [7, 11) is 0. The fourth-order valence-corrected chi connectivity index (χ4v) is 3.44. The molecule has 6 nitrogen and oxygen atoms in total. The molecule has 0 aliphatic carbocycles. The third kappa shape index (κ3) is 6.49. The Morgan fingerprint density at radius 2 is 1.78 bits per heavy atom. The number of aromatic hydroxyl groups is 1. The molecule has 2 aromatic rings. The second-order valence-electron chi connectivity index (χ2n) is 5.26. The van der Waals surface area contributed by atoms with Gasteiger partial charge in [-0.25, -0.2) is 5.43 Å². The standard InChI is InChI=1S/C17H13Br2Cl2N3O3/c18-11-5-9(6-12(19)16(11)26)8-23-24-15(25)3-4-22-17(27)10-1-2-13(20)14(21)7-10/h1-2,5-8,26H,3-4H2,(H,22,27)(H,24,25)/b23-8+. The Labute approximate surface area is 182 Å². The van der Waals surface area contributed by atoms with Crippen molar-refractivity contribution in [1.82, 2.24) is 10.7 Å². The predicted molar refractivity (Wildman–Crippen MR) is 113 cm³/mol. The first kappa shape index (κ1) is 21.7. The molecule has 0 saturated heterocycles. The van der Waals surface area contributed by atoms with E-state index >= 15 is 0 Å². The summed E-state index contributed by atoms with van der Waals surface area (Å²) in [5.41, 5.74) is 3.38. The molecule has 0 aliphatic heterocycles. The van der Waals surface area contributed by atoms with Gasteiger partial charge in [-0.1, -0.05) is 23.2 Å². The van der Waals surface area contributed by atoms with Crippen molar-refractivity contribution in [2.45, 2.75) is 6.42 Å². The van der Waals surface area contributed by atoms with E-state index in [1.807, 2.05) is 0 Å². The molecule has 2 rings (SSSR count). The summed E-state index contributed by atoms with van der Waals surface area (Å²) in [5, 5.41) is 16.7. The van der Waals surface area contributed by atoms with Crippen molar-refractivity contribution in [3.05, 3.63) is 60.4 Å². The molecular weight excluding hydrogens is 525 g/mol. The van der Waals surface area contributed by atoms with Gasteiger partial charge < -0.3 is 10.4 Å². The maximum atomic E-state index is 12.0. The lowest BCUT2D eigenvalue weighted by molar-refractivity contribution is -0.120. The van der Waals surface area contributed by atoms with Gasteiger partial charge in [0.2, 0.25) is 5.91 Å². The summed E-state index contributed by atoms with van der Waals surface area (Å²) in [6.45, 7) is 0.136. The molecule has 10 heteroatoms. The Morgan fingerprint density at radius 1 is 1.11 bits per heavy atom. The fraction of sp³-hybridized carbons (Fsp3) is 0.118. The SMILES string of the molecule is O=C(CCNC(=O)c1ccc(Cl)c(Cl)c1)N/N=C/c1cc(Br)c(O)c(Br)c1. The number of nitrogens with zero attached hydrogens (tertiary/aromatic N) is 1. The summed E-state index contributed by atoms with van der Waals surface area (Å²) in [5.74, 6) is -0.643. The van der Waals surface area contributed by atoms with E-state index in [2.05, 4.69) is 47.7 Å². The van der Waals surface area contributed by atoms with Gasteiger partial charge >= 0.3 is 0 Å². The topological polar surface area (TPSA) is 90.8 Å². The number of phenols is 1. The molecule has 2 amide bonds. The molecule has 0 aliphatic rings. The number of carbonyl (C=O) groups is 2. The van der Waals surface area contributed by atoms with Gasteiger partial charge in [0.15, 0.2) is 0 Å². The summed E-state index contributed by atoms with van der Waals surface area (Å²) >= 11 is 18.1. The molecule has 0 unspecified atom stereocenters. The highest BCUT2D eigenvalue weighted by Gasteiger charge is 2.09. The zero-order valence-corrected chi connectivity index (χ0v) is 18.3.